The molecule has 1 aromatic carbocycles. The van der Waals surface area contributed by atoms with Crippen molar-refractivity contribution in [2.24, 2.45) is 11.7 Å². The maximum absolute atomic E-state index is 6.42. The van der Waals surface area contributed by atoms with E-state index in [0.717, 1.165) is 5.92 Å². The second-order valence-electron chi connectivity index (χ2n) is 5.99. The predicted octanol–water partition coefficient (Wildman–Crippen LogP) is 3.24. The van der Waals surface area contributed by atoms with Gasteiger partial charge in [0.2, 0.25) is 0 Å². The van der Waals surface area contributed by atoms with Crippen LogP contribution in [0.2, 0.25) is 0 Å². The van der Waals surface area contributed by atoms with Crippen molar-refractivity contribution in [1.29, 1.82) is 0 Å². The maximum atomic E-state index is 6.42. The Hall–Kier alpha value is -0.820. The summed E-state index contributed by atoms with van der Waals surface area (Å²) in [5, 5.41) is 0. The summed E-state index contributed by atoms with van der Waals surface area (Å²) in [5.41, 5.74) is 8.56. The van der Waals surface area contributed by atoms with Crippen LogP contribution in [0, 0.1) is 5.92 Å². The maximum Gasteiger partial charge on any atom is 0.0157 e. The molecule has 0 aliphatic heterocycles. The van der Waals surface area contributed by atoms with E-state index in [4.69, 9.17) is 5.73 Å². The first-order valence-electron chi connectivity index (χ1n) is 6.49. The minimum Gasteiger partial charge on any atom is -0.325 e. The molecule has 0 spiro atoms. The Balaban J connectivity index is 2.00. The average Bonchev–Trinajstić information content (AvgIpc) is 2.30. The van der Waals surface area contributed by atoms with Crippen LogP contribution in [0.5, 0.6) is 0 Å². The highest BCUT2D eigenvalue weighted by molar-refractivity contribution is 5.30. The summed E-state index contributed by atoms with van der Waals surface area (Å²) in [4.78, 5) is 0. The van der Waals surface area contributed by atoms with Gasteiger partial charge in [0, 0.05) is 5.54 Å². The highest BCUT2D eigenvalue weighted by Gasteiger charge is 2.51. The SMILES string of the molecule is CC1CC2(N)CCC1(c1ccccc1)CC2. The van der Waals surface area contributed by atoms with Crippen LogP contribution in [-0.4, -0.2) is 5.54 Å². The van der Waals surface area contributed by atoms with Gasteiger partial charge in [-0.15, -0.1) is 0 Å². The second kappa shape index (κ2) is 3.33. The Bertz CT molecular complexity index is 374. The first-order valence-corrected chi connectivity index (χ1v) is 6.49. The van der Waals surface area contributed by atoms with Crippen LogP contribution >= 0.6 is 0 Å². The number of hydrogen-bond donors (Lipinski definition) is 1. The van der Waals surface area contributed by atoms with E-state index in [2.05, 4.69) is 37.3 Å². The van der Waals surface area contributed by atoms with Crippen LogP contribution in [-0.2, 0) is 5.41 Å². The van der Waals surface area contributed by atoms with Crippen LogP contribution < -0.4 is 5.73 Å². The highest BCUT2D eigenvalue weighted by atomic mass is 14.8. The lowest BCUT2D eigenvalue weighted by atomic mass is 9.51. The molecule has 0 heterocycles. The Morgan fingerprint density at radius 1 is 1.06 bits per heavy atom. The van der Waals surface area contributed by atoms with Crippen LogP contribution in [0.25, 0.3) is 0 Å². The van der Waals surface area contributed by atoms with Gasteiger partial charge in [0.1, 0.15) is 0 Å². The fraction of sp³-hybridized carbons (Fsp3) is 0.600. The fourth-order valence-electron chi connectivity index (χ4n) is 4.04. The van der Waals surface area contributed by atoms with Crippen molar-refractivity contribution in [3.8, 4) is 0 Å². The second-order valence-corrected chi connectivity index (χ2v) is 5.99. The summed E-state index contributed by atoms with van der Waals surface area (Å²) in [7, 11) is 0. The first-order chi connectivity index (χ1) is 7.65. The number of nitrogens with two attached hydrogens (primary N) is 1. The van der Waals surface area contributed by atoms with Gasteiger partial charge < -0.3 is 5.73 Å². The molecule has 1 unspecified atom stereocenters. The van der Waals surface area contributed by atoms with E-state index in [0.29, 0.717) is 5.41 Å². The average molecular weight is 215 g/mol. The summed E-state index contributed by atoms with van der Waals surface area (Å²) >= 11 is 0. The molecule has 0 aromatic heterocycles. The van der Waals surface area contributed by atoms with Crippen LogP contribution in [0.15, 0.2) is 30.3 Å². The van der Waals surface area contributed by atoms with Gasteiger partial charge in [0.15, 0.2) is 0 Å². The lowest BCUT2D eigenvalue weighted by Crippen LogP contribution is -2.57. The van der Waals surface area contributed by atoms with E-state index < -0.39 is 0 Å². The zero-order chi connectivity index (χ0) is 11.2. The van der Waals surface area contributed by atoms with E-state index in [1.807, 2.05) is 0 Å². The molecule has 0 saturated heterocycles. The Kier molecular flexibility index (Phi) is 2.16. The number of rotatable bonds is 1. The Labute approximate surface area is 98.0 Å². The molecule has 2 bridgehead atoms. The fourth-order valence-corrected chi connectivity index (χ4v) is 4.04. The molecule has 0 radical (unpaired) electrons. The number of benzene rings is 1. The topological polar surface area (TPSA) is 26.0 Å². The van der Waals surface area contributed by atoms with Gasteiger partial charge in [-0.1, -0.05) is 37.3 Å². The van der Waals surface area contributed by atoms with Crippen molar-refractivity contribution in [1.82, 2.24) is 0 Å². The zero-order valence-electron chi connectivity index (χ0n) is 10.1. The summed E-state index contributed by atoms with van der Waals surface area (Å²) in [6.07, 6.45) is 6.21. The molecule has 16 heavy (non-hydrogen) atoms. The monoisotopic (exact) mass is 215 g/mol. The van der Waals surface area contributed by atoms with Crippen molar-refractivity contribution in [3.63, 3.8) is 0 Å². The van der Waals surface area contributed by atoms with E-state index >= 15 is 0 Å². The Morgan fingerprint density at radius 2 is 1.69 bits per heavy atom. The highest BCUT2D eigenvalue weighted by Crippen LogP contribution is 2.55. The van der Waals surface area contributed by atoms with Crippen LogP contribution in [0.4, 0.5) is 0 Å². The summed E-state index contributed by atoms with van der Waals surface area (Å²) in [5.74, 6) is 0.738. The Morgan fingerprint density at radius 3 is 2.25 bits per heavy atom. The minimum absolute atomic E-state index is 0.163. The summed E-state index contributed by atoms with van der Waals surface area (Å²) in [6.45, 7) is 2.40. The predicted molar refractivity (Wildman–Crippen MR) is 67.3 cm³/mol. The lowest BCUT2D eigenvalue weighted by Gasteiger charge is -2.56. The molecule has 1 aromatic rings. The van der Waals surface area contributed by atoms with Crippen molar-refractivity contribution < 1.29 is 0 Å². The quantitative estimate of drug-likeness (QED) is 0.764. The van der Waals surface area contributed by atoms with E-state index in [-0.39, 0.29) is 5.54 Å². The smallest absolute Gasteiger partial charge is 0.0157 e. The van der Waals surface area contributed by atoms with Crippen molar-refractivity contribution in [3.05, 3.63) is 35.9 Å². The third kappa shape index (κ3) is 1.34. The number of fused-ring (bicyclic) bond motifs is 3. The molecular weight excluding hydrogens is 194 g/mol. The largest absolute Gasteiger partial charge is 0.325 e. The third-order valence-corrected chi connectivity index (χ3v) is 5.14. The van der Waals surface area contributed by atoms with Crippen molar-refractivity contribution >= 4 is 0 Å². The minimum atomic E-state index is 0.163. The van der Waals surface area contributed by atoms with Gasteiger partial charge in [0.05, 0.1) is 0 Å². The molecular formula is C15H21N. The number of hydrogen-bond acceptors (Lipinski definition) is 1. The standard InChI is InChI=1S/C15H21N/c1-12-11-14(16)7-9-15(12,10-8-14)13-5-3-2-4-6-13/h2-6,12H,7-11,16H2,1H3. The molecule has 2 N–H and O–H groups in total. The van der Waals surface area contributed by atoms with Gasteiger partial charge in [-0.05, 0) is 49.0 Å². The van der Waals surface area contributed by atoms with E-state index in [1.54, 1.807) is 5.56 Å². The molecule has 86 valence electrons. The summed E-state index contributed by atoms with van der Waals surface area (Å²) < 4.78 is 0. The van der Waals surface area contributed by atoms with Crippen molar-refractivity contribution in [2.75, 3.05) is 0 Å². The molecule has 1 heteroatoms. The first kappa shape index (κ1) is 10.3. The van der Waals surface area contributed by atoms with Crippen LogP contribution in [0.1, 0.15) is 44.6 Å². The van der Waals surface area contributed by atoms with Gasteiger partial charge in [-0.3, -0.25) is 0 Å². The zero-order valence-corrected chi connectivity index (χ0v) is 10.1. The van der Waals surface area contributed by atoms with Crippen molar-refractivity contribution in [2.45, 2.75) is 50.0 Å². The van der Waals surface area contributed by atoms with Gasteiger partial charge in [-0.2, -0.15) is 0 Å². The molecule has 3 aliphatic carbocycles. The van der Waals surface area contributed by atoms with Gasteiger partial charge in [-0.25, -0.2) is 0 Å². The summed E-state index contributed by atoms with van der Waals surface area (Å²) in [6, 6.07) is 11.1. The lowest BCUT2D eigenvalue weighted by molar-refractivity contribution is 0.0499. The molecule has 3 saturated carbocycles. The normalized spacial score (nSPS) is 42.2. The third-order valence-electron chi connectivity index (χ3n) is 5.14. The van der Waals surface area contributed by atoms with Crippen LogP contribution in [0.3, 0.4) is 0 Å². The van der Waals surface area contributed by atoms with E-state index in [1.165, 1.54) is 32.1 Å². The molecule has 0 amide bonds. The molecule has 3 fully saturated rings. The molecule has 1 atom stereocenters. The van der Waals surface area contributed by atoms with Gasteiger partial charge in [0.25, 0.3) is 0 Å². The molecule has 4 rings (SSSR count). The van der Waals surface area contributed by atoms with Gasteiger partial charge >= 0.3 is 0 Å². The molecule has 1 nitrogen and oxygen atoms in total. The molecule has 3 aliphatic rings. The van der Waals surface area contributed by atoms with E-state index in [9.17, 15) is 0 Å².